The van der Waals surface area contributed by atoms with Gasteiger partial charge in [-0.3, -0.25) is 0 Å². The van der Waals surface area contributed by atoms with Crippen LogP contribution < -0.4 is 9.80 Å². The van der Waals surface area contributed by atoms with Gasteiger partial charge in [0.2, 0.25) is 0 Å². The van der Waals surface area contributed by atoms with Crippen LogP contribution in [0.3, 0.4) is 0 Å². The van der Waals surface area contributed by atoms with E-state index in [-0.39, 0.29) is 5.56 Å². The molecule has 0 unspecified atom stereocenters. The van der Waals surface area contributed by atoms with Crippen molar-refractivity contribution in [3.05, 3.63) is 66.1 Å². The maximum absolute atomic E-state index is 13.0. The summed E-state index contributed by atoms with van der Waals surface area (Å²) in [5, 5.41) is 8.05. The fourth-order valence-electron chi connectivity index (χ4n) is 3.13. The number of rotatable bonds is 4. The number of anilines is 2. The van der Waals surface area contributed by atoms with Gasteiger partial charge < -0.3 is 9.80 Å². The van der Waals surface area contributed by atoms with Crippen LogP contribution in [0.15, 0.2) is 54.9 Å². The summed E-state index contributed by atoms with van der Waals surface area (Å²) < 4.78 is 26.0. The Bertz CT molecular complexity index is 917. The average Bonchev–Trinajstić information content (AvgIpc) is 2.98. The summed E-state index contributed by atoms with van der Waals surface area (Å²) in [5.74, 6) is 0.864. The highest BCUT2D eigenvalue weighted by Gasteiger charge is 2.25. The molecule has 3 heterocycles. The molecule has 0 bridgehead atoms. The smallest absolute Gasteiger partial charge is 0.263 e. The molecule has 0 fully saturated rings. The molecule has 0 atom stereocenters. The van der Waals surface area contributed by atoms with Crippen LogP contribution in [0.5, 0.6) is 0 Å². The van der Waals surface area contributed by atoms with Gasteiger partial charge in [0.1, 0.15) is 0 Å². The van der Waals surface area contributed by atoms with Crippen LogP contribution >= 0.6 is 0 Å². The predicted molar refractivity (Wildman–Crippen MR) is 96.1 cm³/mol. The molecule has 2 aromatic heterocycles. The molecule has 3 aromatic rings. The zero-order chi connectivity index (χ0) is 18.1. The molecule has 132 valence electrons. The molecule has 0 radical (unpaired) electrons. The van der Waals surface area contributed by atoms with Crippen molar-refractivity contribution in [1.82, 2.24) is 15.2 Å². The maximum Gasteiger partial charge on any atom is 0.263 e. The lowest BCUT2D eigenvalue weighted by atomic mass is 10.0. The first kappa shape index (κ1) is 16.4. The van der Waals surface area contributed by atoms with Crippen molar-refractivity contribution in [3.8, 4) is 11.1 Å². The van der Waals surface area contributed by atoms with E-state index in [1.807, 2.05) is 36.2 Å². The number of pyridine rings is 1. The number of halogens is 2. The molecule has 1 aromatic carbocycles. The Balaban J connectivity index is 1.69. The molecular formula is C19H17F2N5. The monoisotopic (exact) mass is 353 g/mol. The minimum Gasteiger partial charge on any atom is -0.345 e. The maximum atomic E-state index is 13.0. The van der Waals surface area contributed by atoms with E-state index in [1.165, 1.54) is 12.1 Å². The highest BCUT2D eigenvalue weighted by Crippen LogP contribution is 2.37. The number of hydrogen-bond donors (Lipinski definition) is 0. The lowest BCUT2D eigenvalue weighted by Gasteiger charge is -2.18. The Hall–Kier alpha value is -3.09. The highest BCUT2D eigenvalue weighted by atomic mass is 19.3. The van der Waals surface area contributed by atoms with E-state index in [1.54, 1.807) is 18.5 Å². The van der Waals surface area contributed by atoms with Gasteiger partial charge in [0.15, 0.2) is 5.82 Å². The van der Waals surface area contributed by atoms with Gasteiger partial charge in [0, 0.05) is 30.6 Å². The van der Waals surface area contributed by atoms with E-state index in [4.69, 9.17) is 0 Å². The van der Waals surface area contributed by atoms with E-state index in [9.17, 15) is 8.78 Å². The Morgan fingerprint density at radius 1 is 1.12 bits per heavy atom. The normalized spacial score (nSPS) is 13.4. The topological polar surface area (TPSA) is 45.2 Å². The quantitative estimate of drug-likeness (QED) is 0.712. The van der Waals surface area contributed by atoms with Gasteiger partial charge in [-0.2, -0.15) is 10.2 Å². The summed E-state index contributed by atoms with van der Waals surface area (Å²) in [7, 11) is 1.97. The summed E-state index contributed by atoms with van der Waals surface area (Å²) in [5.41, 5.74) is 3.37. The van der Waals surface area contributed by atoms with Gasteiger partial charge in [0.05, 0.1) is 24.6 Å². The lowest BCUT2D eigenvalue weighted by molar-refractivity contribution is 0.151. The highest BCUT2D eigenvalue weighted by molar-refractivity contribution is 5.78. The van der Waals surface area contributed by atoms with Gasteiger partial charge in [-0.25, -0.2) is 13.8 Å². The summed E-state index contributed by atoms with van der Waals surface area (Å²) in [6.07, 6.45) is 0.881. The molecule has 1 aliphatic rings. The first-order valence-electron chi connectivity index (χ1n) is 8.23. The second-order valence-corrected chi connectivity index (χ2v) is 6.25. The van der Waals surface area contributed by atoms with Crippen LogP contribution in [0, 0.1) is 0 Å². The molecule has 0 saturated carbocycles. The molecule has 4 rings (SSSR count). The van der Waals surface area contributed by atoms with Crippen molar-refractivity contribution in [2.45, 2.75) is 13.0 Å². The molecule has 0 amide bonds. The largest absolute Gasteiger partial charge is 0.345 e. The van der Waals surface area contributed by atoms with Crippen molar-refractivity contribution in [3.63, 3.8) is 0 Å². The first-order chi connectivity index (χ1) is 12.6. The lowest BCUT2D eigenvalue weighted by Crippen LogP contribution is -2.28. The van der Waals surface area contributed by atoms with E-state index in [0.717, 1.165) is 28.3 Å². The second-order valence-electron chi connectivity index (χ2n) is 6.25. The third kappa shape index (κ3) is 3.08. The molecule has 0 aliphatic carbocycles. The van der Waals surface area contributed by atoms with E-state index >= 15 is 0 Å². The summed E-state index contributed by atoms with van der Waals surface area (Å²) in [4.78, 5) is 8.74. The van der Waals surface area contributed by atoms with Crippen molar-refractivity contribution < 1.29 is 8.78 Å². The SMILES string of the molecule is CN1CN(Cc2cccnn2)c2cc(-c3cccc(C(F)F)c3)cnc21. The second kappa shape index (κ2) is 6.67. The number of alkyl halides is 2. The van der Waals surface area contributed by atoms with Gasteiger partial charge in [-0.05, 0) is 29.8 Å². The fourth-order valence-corrected chi connectivity index (χ4v) is 3.13. The third-order valence-corrected chi connectivity index (χ3v) is 4.38. The number of benzene rings is 1. The number of nitrogens with zero attached hydrogens (tertiary/aromatic N) is 5. The fraction of sp³-hybridized carbons (Fsp3) is 0.211. The Labute approximate surface area is 149 Å². The van der Waals surface area contributed by atoms with Crippen LogP contribution in [-0.4, -0.2) is 28.9 Å². The van der Waals surface area contributed by atoms with Crippen LogP contribution in [0.2, 0.25) is 0 Å². The molecule has 0 saturated heterocycles. The van der Waals surface area contributed by atoms with Gasteiger partial charge in [0.25, 0.3) is 6.43 Å². The Kier molecular flexibility index (Phi) is 4.20. The van der Waals surface area contributed by atoms with Gasteiger partial charge in [-0.15, -0.1) is 0 Å². The van der Waals surface area contributed by atoms with Crippen LogP contribution in [0.4, 0.5) is 20.3 Å². The van der Waals surface area contributed by atoms with E-state index in [2.05, 4.69) is 20.1 Å². The zero-order valence-electron chi connectivity index (χ0n) is 14.2. The molecule has 1 aliphatic heterocycles. The molecular weight excluding hydrogens is 336 g/mol. The van der Waals surface area contributed by atoms with Crippen LogP contribution in [-0.2, 0) is 6.54 Å². The number of hydrogen-bond acceptors (Lipinski definition) is 5. The molecule has 0 spiro atoms. The predicted octanol–water partition coefficient (Wildman–Crippen LogP) is 3.89. The average molecular weight is 353 g/mol. The minimum absolute atomic E-state index is 0.0107. The third-order valence-electron chi connectivity index (χ3n) is 4.38. The van der Waals surface area contributed by atoms with Crippen LogP contribution in [0.25, 0.3) is 11.1 Å². The number of fused-ring (bicyclic) bond motifs is 1. The standard InChI is InChI=1S/C19H17F2N5/c1-25-12-26(11-16-6-3-7-23-24-16)17-9-15(10-22-19(17)25)13-4-2-5-14(8-13)18(20)21/h2-10,18H,11-12H2,1H3. The van der Waals surface area contributed by atoms with E-state index in [0.29, 0.717) is 13.2 Å². The summed E-state index contributed by atoms with van der Waals surface area (Å²) in [6, 6.07) is 12.2. The van der Waals surface area contributed by atoms with Gasteiger partial charge in [-0.1, -0.05) is 18.2 Å². The van der Waals surface area contributed by atoms with Crippen molar-refractivity contribution in [1.29, 1.82) is 0 Å². The molecule has 0 N–H and O–H groups in total. The molecule has 26 heavy (non-hydrogen) atoms. The van der Waals surface area contributed by atoms with Crippen molar-refractivity contribution >= 4 is 11.5 Å². The number of aromatic nitrogens is 3. The molecule has 7 heteroatoms. The van der Waals surface area contributed by atoms with Gasteiger partial charge >= 0.3 is 0 Å². The molecule has 5 nitrogen and oxygen atoms in total. The minimum atomic E-state index is -2.49. The summed E-state index contributed by atoms with van der Waals surface area (Å²) >= 11 is 0. The first-order valence-corrected chi connectivity index (χ1v) is 8.23. The van der Waals surface area contributed by atoms with Crippen molar-refractivity contribution in [2.75, 3.05) is 23.5 Å². The van der Waals surface area contributed by atoms with E-state index < -0.39 is 6.43 Å². The Morgan fingerprint density at radius 2 is 2.00 bits per heavy atom. The Morgan fingerprint density at radius 3 is 2.77 bits per heavy atom. The zero-order valence-corrected chi connectivity index (χ0v) is 14.2. The van der Waals surface area contributed by atoms with Crippen LogP contribution in [0.1, 0.15) is 17.7 Å². The summed E-state index contributed by atoms with van der Waals surface area (Å²) in [6.45, 7) is 1.28. The van der Waals surface area contributed by atoms with Crippen molar-refractivity contribution in [2.24, 2.45) is 0 Å².